The van der Waals surface area contributed by atoms with Gasteiger partial charge in [-0.1, -0.05) is 0 Å². The van der Waals surface area contributed by atoms with Gasteiger partial charge in [0, 0.05) is 27.1 Å². The first kappa shape index (κ1) is 16.5. The lowest BCUT2D eigenvalue weighted by atomic mass is 10.2. The van der Waals surface area contributed by atoms with Crippen molar-refractivity contribution in [3.05, 3.63) is 54.1 Å². The van der Waals surface area contributed by atoms with Crippen LogP contribution >= 0.6 is 57.4 Å². The minimum Gasteiger partial charge on any atom is -0.506 e. The lowest BCUT2D eigenvalue weighted by Crippen LogP contribution is -1.96. The van der Waals surface area contributed by atoms with Gasteiger partial charge in [0.2, 0.25) is 4.77 Å². The summed E-state index contributed by atoms with van der Waals surface area (Å²) in [5.41, 5.74) is 1.40. The summed E-state index contributed by atoms with van der Waals surface area (Å²) in [7, 11) is 0. The maximum atomic E-state index is 10.1. The van der Waals surface area contributed by atoms with Crippen LogP contribution in [0.2, 0.25) is 0 Å². The lowest BCUT2D eigenvalue weighted by Gasteiger charge is -2.04. The first-order chi connectivity index (χ1) is 11.1. The Hall–Kier alpha value is -1.34. The predicted molar refractivity (Wildman–Crippen MR) is 107 cm³/mol. The van der Waals surface area contributed by atoms with Crippen molar-refractivity contribution in [1.82, 2.24) is 19.9 Å². The van der Waals surface area contributed by atoms with Crippen LogP contribution in [-0.2, 0) is 0 Å². The van der Waals surface area contributed by atoms with Gasteiger partial charge in [0.05, 0.1) is 9.78 Å². The minimum absolute atomic E-state index is 0.188. The highest BCUT2D eigenvalue weighted by molar-refractivity contribution is 14.1. The van der Waals surface area contributed by atoms with Crippen molar-refractivity contribution in [2.75, 3.05) is 0 Å². The van der Waals surface area contributed by atoms with Crippen molar-refractivity contribution >= 4 is 63.6 Å². The standard InChI is InChI=1S/C14H9I2N5OS/c15-10-4-9(12(22)11(16)5-10)7-18-21-13(19-20-14(21)23)8-2-1-3-17-6-8/h1-7,22H,(H,20,23)/b18-7+. The molecule has 0 spiro atoms. The van der Waals surface area contributed by atoms with E-state index in [2.05, 4.69) is 65.5 Å². The van der Waals surface area contributed by atoms with Gasteiger partial charge in [0.1, 0.15) is 5.75 Å². The van der Waals surface area contributed by atoms with Crippen molar-refractivity contribution in [3.8, 4) is 17.1 Å². The number of rotatable bonds is 3. The van der Waals surface area contributed by atoms with Gasteiger partial charge in [-0.3, -0.25) is 4.98 Å². The van der Waals surface area contributed by atoms with Crippen molar-refractivity contribution in [2.24, 2.45) is 5.10 Å². The van der Waals surface area contributed by atoms with Gasteiger partial charge in [-0.05, 0) is 81.7 Å². The zero-order chi connectivity index (χ0) is 16.4. The molecule has 2 heterocycles. The van der Waals surface area contributed by atoms with Gasteiger partial charge >= 0.3 is 0 Å². The van der Waals surface area contributed by atoms with Crippen molar-refractivity contribution in [1.29, 1.82) is 0 Å². The molecule has 1 aromatic carbocycles. The quantitative estimate of drug-likeness (QED) is 0.296. The number of benzene rings is 1. The maximum Gasteiger partial charge on any atom is 0.216 e. The molecule has 0 saturated carbocycles. The van der Waals surface area contributed by atoms with E-state index in [0.717, 1.165) is 12.7 Å². The van der Waals surface area contributed by atoms with Crippen LogP contribution in [0.25, 0.3) is 11.4 Å². The molecular formula is C14H9I2N5OS. The van der Waals surface area contributed by atoms with E-state index in [1.54, 1.807) is 18.6 Å². The third kappa shape index (κ3) is 3.61. The highest BCUT2D eigenvalue weighted by Gasteiger charge is 2.09. The van der Waals surface area contributed by atoms with Crippen LogP contribution in [0.4, 0.5) is 0 Å². The summed E-state index contributed by atoms with van der Waals surface area (Å²) in [5.74, 6) is 0.742. The molecule has 0 radical (unpaired) electrons. The zero-order valence-electron chi connectivity index (χ0n) is 11.4. The second-order valence-electron chi connectivity index (χ2n) is 4.48. The largest absolute Gasteiger partial charge is 0.506 e. The summed E-state index contributed by atoms with van der Waals surface area (Å²) < 4.78 is 3.63. The number of phenolic OH excluding ortho intramolecular Hbond substituents is 1. The predicted octanol–water partition coefficient (Wildman–Crippen LogP) is 3.80. The summed E-state index contributed by atoms with van der Waals surface area (Å²) in [6.45, 7) is 0. The summed E-state index contributed by atoms with van der Waals surface area (Å²) in [6.07, 6.45) is 4.93. The number of aromatic amines is 1. The fourth-order valence-corrected chi connectivity index (χ4v) is 3.95. The van der Waals surface area contributed by atoms with E-state index < -0.39 is 0 Å². The Morgan fingerprint density at radius 2 is 2.17 bits per heavy atom. The average molecular weight is 549 g/mol. The topological polar surface area (TPSA) is 79.1 Å². The molecule has 0 aliphatic carbocycles. The molecular weight excluding hydrogens is 540 g/mol. The molecule has 2 N–H and O–H groups in total. The van der Waals surface area contributed by atoms with Gasteiger partial charge in [-0.15, -0.1) is 0 Å². The molecule has 9 heteroatoms. The molecule has 0 unspecified atom stereocenters. The van der Waals surface area contributed by atoms with Gasteiger partial charge in [0.15, 0.2) is 5.82 Å². The minimum atomic E-state index is 0.188. The Morgan fingerprint density at radius 3 is 2.91 bits per heavy atom. The summed E-state index contributed by atoms with van der Waals surface area (Å²) >= 11 is 9.49. The van der Waals surface area contributed by atoms with E-state index in [9.17, 15) is 5.11 Å². The van der Waals surface area contributed by atoms with Crippen molar-refractivity contribution < 1.29 is 5.11 Å². The van der Waals surface area contributed by atoms with Crippen molar-refractivity contribution in [2.45, 2.75) is 0 Å². The number of nitrogens with zero attached hydrogens (tertiary/aromatic N) is 4. The molecule has 3 rings (SSSR count). The highest BCUT2D eigenvalue weighted by Crippen LogP contribution is 2.26. The van der Waals surface area contributed by atoms with E-state index in [4.69, 9.17) is 12.2 Å². The van der Waals surface area contributed by atoms with E-state index in [0.29, 0.717) is 16.2 Å². The molecule has 0 saturated heterocycles. The Kier molecular flexibility index (Phi) is 5.06. The Balaban J connectivity index is 2.05. The number of halogens is 2. The van der Waals surface area contributed by atoms with Crippen LogP contribution < -0.4 is 0 Å². The third-order valence-corrected chi connectivity index (χ3v) is 4.65. The number of nitrogens with one attached hydrogen (secondary N) is 1. The van der Waals surface area contributed by atoms with E-state index in [1.807, 2.05) is 24.3 Å². The number of pyridine rings is 1. The zero-order valence-corrected chi connectivity index (χ0v) is 16.6. The first-order valence-electron chi connectivity index (χ1n) is 6.36. The summed E-state index contributed by atoms with van der Waals surface area (Å²) in [6, 6.07) is 7.41. The average Bonchev–Trinajstić information content (AvgIpc) is 2.91. The number of aromatic hydroxyl groups is 1. The van der Waals surface area contributed by atoms with Crippen LogP contribution in [0, 0.1) is 11.9 Å². The second-order valence-corrected chi connectivity index (χ2v) is 7.27. The monoisotopic (exact) mass is 549 g/mol. The van der Waals surface area contributed by atoms with E-state index >= 15 is 0 Å². The Morgan fingerprint density at radius 1 is 1.35 bits per heavy atom. The molecule has 0 bridgehead atoms. The number of hydrogen-bond donors (Lipinski definition) is 2. The molecule has 0 fully saturated rings. The van der Waals surface area contributed by atoms with Gasteiger partial charge in [-0.25, -0.2) is 5.10 Å². The molecule has 0 aliphatic rings. The van der Waals surface area contributed by atoms with Crippen LogP contribution in [0.5, 0.6) is 5.75 Å². The molecule has 3 aromatic rings. The van der Waals surface area contributed by atoms with Crippen LogP contribution in [0.15, 0.2) is 41.8 Å². The van der Waals surface area contributed by atoms with Gasteiger partial charge in [-0.2, -0.15) is 14.9 Å². The van der Waals surface area contributed by atoms with Gasteiger partial charge < -0.3 is 5.11 Å². The summed E-state index contributed by atoms with van der Waals surface area (Å²) in [4.78, 5) is 4.07. The molecule has 0 aliphatic heterocycles. The molecule has 6 nitrogen and oxygen atoms in total. The van der Waals surface area contributed by atoms with E-state index in [1.165, 1.54) is 4.68 Å². The Labute approximate surface area is 163 Å². The third-order valence-electron chi connectivity index (χ3n) is 2.94. The number of hydrogen-bond acceptors (Lipinski definition) is 5. The molecule has 0 amide bonds. The molecule has 0 atom stereocenters. The van der Waals surface area contributed by atoms with Crippen molar-refractivity contribution in [3.63, 3.8) is 0 Å². The molecule has 23 heavy (non-hydrogen) atoms. The fourth-order valence-electron chi connectivity index (χ4n) is 1.88. The first-order valence-corrected chi connectivity index (χ1v) is 8.93. The molecule has 116 valence electrons. The number of phenols is 1. The van der Waals surface area contributed by atoms with Crippen LogP contribution in [-0.4, -0.2) is 31.2 Å². The number of aromatic nitrogens is 4. The SMILES string of the molecule is Oc1c(I)cc(I)cc1/C=N/n1c(-c2cccnc2)n[nH]c1=S. The van der Waals surface area contributed by atoms with Crippen LogP contribution in [0.1, 0.15) is 5.56 Å². The van der Waals surface area contributed by atoms with Gasteiger partial charge in [0.25, 0.3) is 0 Å². The smallest absolute Gasteiger partial charge is 0.216 e. The lowest BCUT2D eigenvalue weighted by molar-refractivity contribution is 0.470. The number of H-pyrrole nitrogens is 1. The Bertz CT molecular complexity index is 936. The van der Waals surface area contributed by atoms with Crippen LogP contribution in [0.3, 0.4) is 0 Å². The highest BCUT2D eigenvalue weighted by atomic mass is 127. The molecule has 2 aromatic heterocycles. The maximum absolute atomic E-state index is 10.1. The summed E-state index contributed by atoms with van der Waals surface area (Å²) in [5, 5.41) is 21.4. The fraction of sp³-hybridized carbons (Fsp3) is 0. The second kappa shape index (κ2) is 7.05. The normalized spacial score (nSPS) is 11.2. The van der Waals surface area contributed by atoms with E-state index in [-0.39, 0.29) is 5.75 Å².